The second-order valence-electron chi connectivity index (χ2n) is 5.55. The van der Waals surface area contributed by atoms with Gasteiger partial charge in [0.2, 0.25) is 0 Å². The van der Waals surface area contributed by atoms with Gasteiger partial charge in [-0.05, 0) is 56.7 Å². The molecule has 0 amide bonds. The molecule has 0 bridgehead atoms. The highest BCUT2D eigenvalue weighted by Gasteiger charge is 2.29. The van der Waals surface area contributed by atoms with Gasteiger partial charge < -0.3 is 0 Å². The van der Waals surface area contributed by atoms with Crippen molar-refractivity contribution in [2.24, 2.45) is 0 Å². The van der Waals surface area contributed by atoms with Crippen molar-refractivity contribution in [3.63, 3.8) is 0 Å². The second-order valence-corrected chi connectivity index (χ2v) is 5.55. The summed E-state index contributed by atoms with van der Waals surface area (Å²) < 4.78 is 37.5. The Bertz CT molecular complexity index is 835. The van der Waals surface area contributed by atoms with Crippen LogP contribution in [0.5, 0.6) is 0 Å². The van der Waals surface area contributed by atoms with Gasteiger partial charge >= 0.3 is 6.18 Å². The quantitative estimate of drug-likeness (QED) is 0.753. The van der Waals surface area contributed by atoms with Crippen LogP contribution in [0.3, 0.4) is 0 Å². The third-order valence-corrected chi connectivity index (χ3v) is 3.60. The number of hydrogen-bond donors (Lipinski definition) is 0. The van der Waals surface area contributed by atoms with Gasteiger partial charge in [-0.1, -0.05) is 18.2 Å². The lowest BCUT2D eigenvalue weighted by Gasteiger charge is -2.05. The van der Waals surface area contributed by atoms with E-state index in [1.54, 1.807) is 6.08 Å². The molecule has 0 N–H and O–H groups in total. The van der Waals surface area contributed by atoms with E-state index < -0.39 is 11.7 Å². The minimum absolute atomic E-state index is 0.292. The van der Waals surface area contributed by atoms with E-state index in [1.807, 2.05) is 20.8 Å². The lowest BCUT2D eigenvalue weighted by Crippen LogP contribution is -2.03. The van der Waals surface area contributed by atoms with Crippen LogP contribution in [0.15, 0.2) is 36.4 Å². The highest BCUT2D eigenvalue weighted by atomic mass is 19.4. The summed E-state index contributed by atoms with van der Waals surface area (Å²) in [5.74, 6) is -0.292. The molecule has 2 aromatic rings. The summed E-state index contributed by atoms with van der Waals surface area (Å²) in [7, 11) is 0. The van der Waals surface area contributed by atoms with Crippen molar-refractivity contribution in [3.8, 4) is 0 Å². The highest BCUT2D eigenvalue weighted by molar-refractivity contribution is 6.04. The Kier molecular flexibility index (Phi) is 5.51. The first-order chi connectivity index (χ1) is 11.7. The number of alkyl halides is 3. The van der Waals surface area contributed by atoms with Crippen LogP contribution >= 0.6 is 0 Å². The average Bonchev–Trinajstić information content (AvgIpc) is 2.54. The molecular formula is C19H17F3N2O. The van der Waals surface area contributed by atoms with Crippen molar-refractivity contribution >= 4 is 17.9 Å². The van der Waals surface area contributed by atoms with E-state index >= 15 is 0 Å². The first kappa shape index (κ1) is 18.6. The molecule has 1 aromatic carbocycles. The minimum atomic E-state index is -4.37. The predicted molar refractivity (Wildman–Crippen MR) is 90.8 cm³/mol. The van der Waals surface area contributed by atoms with Gasteiger partial charge in [-0.2, -0.15) is 13.2 Å². The minimum Gasteiger partial charge on any atom is -0.290 e. The molecular weight excluding hydrogens is 329 g/mol. The van der Waals surface area contributed by atoms with Crippen LogP contribution in [0.25, 0.3) is 12.2 Å². The van der Waals surface area contributed by atoms with Gasteiger partial charge in [0.05, 0.1) is 28.3 Å². The summed E-state index contributed by atoms with van der Waals surface area (Å²) in [6, 6.07) is 4.59. The maximum absolute atomic E-state index is 12.5. The van der Waals surface area contributed by atoms with Gasteiger partial charge in [-0.25, -0.2) is 4.98 Å². The first-order valence-electron chi connectivity index (χ1n) is 7.56. The Labute approximate surface area is 143 Å². The van der Waals surface area contributed by atoms with E-state index in [4.69, 9.17) is 0 Å². The maximum Gasteiger partial charge on any atom is 0.416 e. The molecule has 0 fully saturated rings. The van der Waals surface area contributed by atoms with Crippen molar-refractivity contribution in [2.45, 2.75) is 26.9 Å². The summed E-state index contributed by atoms with van der Waals surface area (Å²) in [4.78, 5) is 20.6. The summed E-state index contributed by atoms with van der Waals surface area (Å²) in [5, 5.41) is 0. The van der Waals surface area contributed by atoms with E-state index in [1.165, 1.54) is 30.4 Å². The molecule has 1 aromatic heterocycles. The zero-order valence-corrected chi connectivity index (χ0v) is 14.1. The highest BCUT2D eigenvalue weighted by Crippen LogP contribution is 2.29. The maximum atomic E-state index is 12.5. The number of rotatable bonds is 4. The van der Waals surface area contributed by atoms with Crippen LogP contribution in [0.2, 0.25) is 0 Å². The molecule has 0 unspecified atom stereocenters. The largest absolute Gasteiger partial charge is 0.416 e. The SMILES string of the molecule is Cc1nc(C)c(/C=C/C(=O)/C=C/c2ccc(C(F)(F)F)cc2)nc1C. The molecule has 2 rings (SSSR count). The van der Waals surface area contributed by atoms with Crippen LogP contribution < -0.4 is 0 Å². The van der Waals surface area contributed by atoms with Crippen molar-refractivity contribution < 1.29 is 18.0 Å². The monoisotopic (exact) mass is 346 g/mol. The van der Waals surface area contributed by atoms with E-state index in [0.29, 0.717) is 11.3 Å². The van der Waals surface area contributed by atoms with Crippen molar-refractivity contribution in [2.75, 3.05) is 0 Å². The predicted octanol–water partition coefficient (Wildman–Crippen LogP) is 4.72. The lowest BCUT2D eigenvalue weighted by atomic mass is 10.1. The molecule has 0 saturated carbocycles. The third kappa shape index (κ3) is 5.11. The van der Waals surface area contributed by atoms with E-state index in [-0.39, 0.29) is 5.78 Å². The molecule has 0 aliphatic carbocycles. The number of benzene rings is 1. The van der Waals surface area contributed by atoms with Crippen molar-refractivity contribution in [3.05, 3.63) is 70.3 Å². The fourth-order valence-electron chi connectivity index (χ4n) is 2.07. The zero-order valence-electron chi connectivity index (χ0n) is 14.1. The fraction of sp³-hybridized carbons (Fsp3) is 0.211. The van der Waals surface area contributed by atoms with Crippen molar-refractivity contribution in [1.82, 2.24) is 9.97 Å². The molecule has 0 atom stereocenters. The normalized spacial score (nSPS) is 12.2. The summed E-state index contributed by atoms with van der Waals surface area (Å²) in [6.07, 6.45) is 1.32. The molecule has 0 spiro atoms. The topological polar surface area (TPSA) is 42.9 Å². The van der Waals surface area contributed by atoms with Gasteiger partial charge in [-0.3, -0.25) is 9.78 Å². The van der Waals surface area contributed by atoms with E-state index in [0.717, 1.165) is 29.2 Å². The number of hydrogen-bond acceptors (Lipinski definition) is 3. The van der Waals surface area contributed by atoms with Gasteiger partial charge in [0.25, 0.3) is 0 Å². The number of aryl methyl sites for hydroxylation is 3. The van der Waals surface area contributed by atoms with Crippen LogP contribution in [0.4, 0.5) is 13.2 Å². The van der Waals surface area contributed by atoms with Crippen LogP contribution in [-0.2, 0) is 11.0 Å². The van der Waals surface area contributed by atoms with Crippen LogP contribution in [0.1, 0.15) is 33.9 Å². The first-order valence-corrected chi connectivity index (χ1v) is 7.56. The number of nitrogens with zero attached hydrogens (tertiary/aromatic N) is 2. The summed E-state index contributed by atoms with van der Waals surface area (Å²) in [6.45, 7) is 5.51. The number of halogens is 3. The number of carbonyl (C=O) groups is 1. The van der Waals surface area contributed by atoms with Gasteiger partial charge in [-0.15, -0.1) is 0 Å². The van der Waals surface area contributed by atoms with Crippen molar-refractivity contribution in [1.29, 1.82) is 0 Å². The smallest absolute Gasteiger partial charge is 0.290 e. The molecule has 0 radical (unpaired) electrons. The summed E-state index contributed by atoms with van der Waals surface area (Å²) in [5.41, 5.74) is 2.75. The van der Waals surface area contributed by atoms with E-state index in [2.05, 4.69) is 9.97 Å². The molecule has 1 heterocycles. The molecule has 6 heteroatoms. The number of allylic oxidation sites excluding steroid dienone is 2. The fourth-order valence-corrected chi connectivity index (χ4v) is 2.07. The standard InChI is InChI=1S/C19H17F3N2O/c1-12-13(2)24-18(14(3)23-12)11-10-17(25)9-6-15-4-7-16(8-5-15)19(20,21)22/h4-11H,1-3H3/b9-6+,11-10+. The molecule has 130 valence electrons. The van der Waals surface area contributed by atoms with Gasteiger partial charge in [0.15, 0.2) is 5.78 Å². The Morgan fingerprint density at radius 1 is 0.880 bits per heavy atom. The van der Waals surface area contributed by atoms with E-state index in [9.17, 15) is 18.0 Å². The lowest BCUT2D eigenvalue weighted by molar-refractivity contribution is -0.137. The molecule has 0 aliphatic rings. The van der Waals surface area contributed by atoms with Crippen LogP contribution in [0, 0.1) is 20.8 Å². The summed E-state index contributed by atoms with van der Waals surface area (Å²) >= 11 is 0. The number of carbonyl (C=O) groups excluding carboxylic acids is 1. The Morgan fingerprint density at radius 3 is 2.04 bits per heavy atom. The molecule has 0 aliphatic heterocycles. The second kappa shape index (κ2) is 7.42. The number of ketones is 1. The average molecular weight is 346 g/mol. The molecule has 3 nitrogen and oxygen atoms in total. The Hall–Kier alpha value is -2.76. The zero-order chi connectivity index (χ0) is 18.6. The van der Waals surface area contributed by atoms with Gasteiger partial charge in [0.1, 0.15) is 0 Å². The molecule has 25 heavy (non-hydrogen) atoms. The van der Waals surface area contributed by atoms with Gasteiger partial charge in [0, 0.05) is 0 Å². The number of aromatic nitrogens is 2. The third-order valence-electron chi connectivity index (χ3n) is 3.60. The Morgan fingerprint density at radius 2 is 1.44 bits per heavy atom. The van der Waals surface area contributed by atoms with Crippen LogP contribution in [-0.4, -0.2) is 15.8 Å². The molecule has 0 saturated heterocycles. The Balaban J connectivity index is 2.07.